The Bertz CT molecular complexity index is 2740. The summed E-state index contributed by atoms with van der Waals surface area (Å²) in [7, 11) is 0. The number of fused-ring (bicyclic) bond motifs is 2. The summed E-state index contributed by atoms with van der Waals surface area (Å²) in [5, 5.41) is 0. The number of likely N-dealkylation sites (tertiary alicyclic amines) is 4. The first-order chi connectivity index (χ1) is 33.0. The van der Waals surface area contributed by atoms with Gasteiger partial charge < -0.3 is 19.8 Å². The van der Waals surface area contributed by atoms with Gasteiger partial charge in [0.1, 0.15) is 23.7 Å². The molecule has 6 heterocycles. The number of carbonyl (C=O) groups is 2. The third kappa shape index (κ3) is 8.68. The molecule has 0 radical (unpaired) electrons. The van der Waals surface area contributed by atoms with Crippen molar-refractivity contribution < 1.29 is 27.2 Å². The van der Waals surface area contributed by atoms with E-state index in [9.17, 15) is 27.2 Å². The number of aromatic amines is 2. The van der Waals surface area contributed by atoms with E-state index in [-0.39, 0.29) is 36.7 Å². The molecule has 2 unspecified atom stereocenters. The molecule has 2 aromatic heterocycles. The summed E-state index contributed by atoms with van der Waals surface area (Å²) in [5.41, 5.74) is 8.76. The smallest absolute Gasteiger partial charge is 0.260 e. The predicted molar refractivity (Wildman–Crippen MR) is 254 cm³/mol. The number of nitrogens with zero attached hydrogens (tertiary/aromatic N) is 6. The van der Waals surface area contributed by atoms with Crippen molar-refractivity contribution >= 4 is 33.9 Å². The number of hydrogen-bond acceptors (Lipinski definition) is 6. The average molecular weight is 923 g/mol. The second kappa shape index (κ2) is 17.9. The number of carbonyl (C=O) groups excluding carboxylic acids is 2. The van der Waals surface area contributed by atoms with Crippen molar-refractivity contribution in [1.82, 2.24) is 39.5 Å². The van der Waals surface area contributed by atoms with Crippen LogP contribution in [-0.4, -0.2) is 102 Å². The van der Waals surface area contributed by atoms with Crippen molar-refractivity contribution in [3.05, 3.63) is 144 Å². The van der Waals surface area contributed by atoms with Gasteiger partial charge in [0.15, 0.2) is 0 Å². The van der Waals surface area contributed by atoms with E-state index in [0.717, 1.165) is 81.1 Å². The maximum absolute atomic E-state index is 14.7. The van der Waals surface area contributed by atoms with Crippen LogP contribution in [0.2, 0.25) is 0 Å². The molecule has 4 saturated heterocycles. The van der Waals surface area contributed by atoms with Crippen LogP contribution in [0.25, 0.3) is 44.3 Å². The Labute approximate surface area is 392 Å². The molecule has 0 saturated carbocycles. The standard InChI is InChI=1S/C54H54F4N8O2/c55-53(56)25-9-27-63(33-53)47(37-11-3-1-4-12-37)51(67)65-29-7-15-45(65)49-59-41-23-21-39(31-43(41)61-49)35-17-19-36(20-18-35)40-22-24-42-44(32-40)62-50(60-42)46-16-8-30-66(46)52(68)48(38-13-5-2-6-14-38)64-28-10-26-54(57,58)34-64/h1-6,11-14,17-24,31-32,45-48H,7-10,15-16,25-30,33-34H2,(H,59,61)(H,60,62)/t45-,46-,47?,48?/m0/s1. The number of nitrogens with one attached hydrogen (secondary N) is 2. The number of halogens is 4. The number of H-pyrrole nitrogens is 2. The maximum atomic E-state index is 14.7. The molecule has 68 heavy (non-hydrogen) atoms. The van der Waals surface area contributed by atoms with Gasteiger partial charge in [-0.25, -0.2) is 27.5 Å². The minimum absolute atomic E-state index is 0.166. The highest BCUT2D eigenvalue weighted by atomic mass is 19.3. The van der Waals surface area contributed by atoms with Gasteiger partial charge in [0, 0.05) is 25.9 Å². The van der Waals surface area contributed by atoms with E-state index >= 15 is 0 Å². The number of hydrogen-bond donors (Lipinski definition) is 2. The monoisotopic (exact) mass is 922 g/mol. The van der Waals surface area contributed by atoms with Crippen LogP contribution in [0.3, 0.4) is 0 Å². The normalized spacial score (nSPS) is 21.9. The molecule has 4 aliphatic heterocycles. The summed E-state index contributed by atoms with van der Waals surface area (Å²) in [6.07, 6.45) is 3.37. The Kier molecular flexibility index (Phi) is 11.6. The minimum atomic E-state index is -2.84. The Morgan fingerprint density at radius 1 is 0.515 bits per heavy atom. The molecular weight excluding hydrogens is 869 g/mol. The quantitative estimate of drug-likeness (QED) is 0.132. The molecule has 4 fully saturated rings. The molecule has 2 amide bonds. The molecule has 4 aliphatic rings. The van der Waals surface area contributed by atoms with Crippen molar-refractivity contribution in [1.29, 1.82) is 0 Å². The molecule has 11 rings (SSSR count). The van der Waals surface area contributed by atoms with Crippen LogP contribution < -0.4 is 0 Å². The summed E-state index contributed by atoms with van der Waals surface area (Å²) < 4.78 is 58.8. The van der Waals surface area contributed by atoms with Crippen LogP contribution in [0.4, 0.5) is 17.6 Å². The third-order valence-corrected chi connectivity index (χ3v) is 14.5. The van der Waals surface area contributed by atoms with Crippen LogP contribution in [0, 0.1) is 0 Å². The first kappa shape index (κ1) is 44.1. The van der Waals surface area contributed by atoms with E-state index in [4.69, 9.17) is 9.97 Å². The number of piperidine rings is 2. The lowest BCUT2D eigenvalue weighted by Gasteiger charge is -2.39. The zero-order valence-electron chi connectivity index (χ0n) is 37.8. The second-order valence-electron chi connectivity index (χ2n) is 19.2. The lowest BCUT2D eigenvalue weighted by Crippen LogP contribution is -2.49. The van der Waals surface area contributed by atoms with Gasteiger partial charge in [-0.1, -0.05) is 97.1 Å². The van der Waals surface area contributed by atoms with Crippen molar-refractivity contribution in [3.8, 4) is 22.3 Å². The fraction of sp³-hybridized carbons (Fsp3) is 0.370. The number of rotatable bonds is 10. The fourth-order valence-corrected chi connectivity index (χ4v) is 11.3. The number of aromatic nitrogens is 4. The van der Waals surface area contributed by atoms with Crippen LogP contribution in [0.5, 0.6) is 0 Å². The minimum Gasteiger partial charge on any atom is -0.340 e. The van der Waals surface area contributed by atoms with Gasteiger partial charge in [0.2, 0.25) is 11.8 Å². The van der Waals surface area contributed by atoms with Gasteiger partial charge in [0.05, 0.1) is 47.2 Å². The summed E-state index contributed by atoms with van der Waals surface area (Å²) in [6, 6.07) is 36.9. The Hall–Kier alpha value is -6.38. The van der Waals surface area contributed by atoms with E-state index < -0.39 is 37.0 Å². The summed E-state index contributed by atoms with van der Waals surface area (Å²) >= 11 is 0. The van der Waals surface area contributed by atoms with Gasteiger partial charge in [0.25, 0.3) is 11.8 Å². The van der Waals surface area contributed by atoms with Gasteiger partial charge in [-0.3, -0.25) is 19.4 Å². The van der Waals surface area contributed by atoms with Crippen LogP contribution in [0.15, 0.2) is 121 Å². The number of imidazole rings is 2. The fourth-order valence-electron chi connectivity index (χ4n) is 11.3. The van der Waals surface area contributed by atoms with Gasteiger partial charge >= 0.3 is 0 Å². The van der Waals surface area contributed by atoms with E-state index in [0.29, 0.717) is 50.7 Å². The Morgan fingerprint density at radius 2 is 0.912 bits per heavy atom. The molecule has 0 bridgehead atoms. The van der Waals surface area contributed by atoms with Crippen LogP contribution in [-0.2, 0) is 9.59 Å². The van der Waals surface area contributed by atoms with E-state index in [1.807, 2.05) is 94.7 Å². The van der Waals surface area contributed by atoms with Crippen LogP contribution >= 0.6 is 0 Å². The molecule has 10 nitrogen and oxygen atoms in total. The molecule has 4 atom stereocenters. The number of amides is 2. The van der Waals surface area contributed by atoms with Crippen molar-refractivity contribution in [2.45, 2.75) is 87.4 Å². The van der Waals surface area contributed by atoms with Gasteiger partial charge in [-0.15, -0.1) is 0 Å². The third-order valence-electron chi connectivity index (χ3n) is 14.5. The maximum Gasteiger partial charge on any atom is 0.260 e. The van der Waals surface area contributed by atoms with Gasteiger partial charge in [-0.05, 0) is 109 Å². The van der Waals surface area contributed by atoms with E-state index in [2.05, 4.69) is 46.4 Å². The van der Waals surface area contributed by atoms with Crippen molar-refractivity contribution in [2.75, 3.05) is 39.3 Å². The largest absolute Gasteiger partial charge is 0.340 e. The Morgan fingerprint density at radius 3 is 1.31 bits per heavy atom. The molecule has 2 N–H and O–H groups in total. The van der Waals surface area contributed by atoms with Crippen molar-refractivity contribution in [3.63, 3.8) is 0 Å². The lowest BCUT2D eigenvalue weighted by atomic mass is 9.98. The first-order valence-corrected chi connectivity index (χ1v) is 24.0. The van der Waals surface area contributed by atoms with E-state index in [1.54, 1.807) is 9.80 Å². The Balaban J connectivity index is 0.800. The molecule has 14 heteroatoms. The topological polar surface area (TPSA) is 104 Å². The molecule has 0 spiro atoms. The van der Waals surface area contributed by atoms with Crippen molar-refractivity contribution in [2.24, 2.45) is 0 Å². The zero-order chi connectivity index (χ0) is 46.6. The van der Waals surface area contributed by atoms with Crippen LogP contribution in [0.1, 0.15) is 98.3 Å². The molecule has 350 valence electrons. The SMILES string of the molecule is O=C(C(c1ccccc1)N1CCCC(F)(F)C1)N1CCC[C@H]1c1nc2ccc(-c3ccc(-c4ccc5nc([C@@H]6CCCN6C(=O)C(c6ccccc6)N6CCCC(F)(F)C6)[nH]c5c4)cc3)cc2[nH]1. The summed E-state index contributed by atoms with van der Waals surface area (Å²) in [4.78, 5) is 52.9. The molecule has 7 aromatic rings. The molecular formula is C54H54F4N8O2. The average Bonchev–Trinajstić information content (AvgIpc) is 4.18. The highest BCUT2D eigenvalue weighted by Gasteiger charge is 2.45. The molecule has 0 aliphatic carbocycles. The zero-order valence-corrected chi connectivity index (χ0v) is 37.8. The second-order valence-corrected chi connectivity index (χ2v) is 19.2. The van der Waals surface area contributed by atoms with Gasteiger partial charge in [-0.2, -0.15) is 0 Å². The molecule has 5 aromatic carbocycles. The lowest BCUT2D eigenvalue weighted by molar-refractivity contribution is -0.144. The number of alkyl halides is 4. The number of benzene rings is 5. The first-order valence-electron chi connectivity index (χ1n) is 24.0. The summed E-state index contributed by atoms with van der Waals surface area (Å²) in [5.74, 6) is -4.63. The highest BCUT2D eigenvalue weighted by Crippen LogP contribution is 2.41. The summed E-state index contributed by atoms with van der Waals surface area (Å²) in [6.45, 7) is 1.05. The highest BCUT2D eigenvalue weighted by molar-refractivity contribution is 5.87. The van der Waals surface area contributed by atoms with E-state index in [1.165, 1.54) is 0 Å². The predicted octanol–water partition coefficient (Wildman–Crippen LogP) is 11.0.